The van der Waals surface area contributed by atoms with Gasteiger partial charge in [-0.1, -0.05) is 188 Å². The van der Waals surface area contributed by atoms with E-state index in [2.05, 4.69) is 206 Å². The van der Waals surface area contributed by atoms with E-state index in [4.69, 9.17) is 9.97 Å². The number of hydrogen-bond donors (Lipinski definition) is 0. The summed E-state index contributed by atoms with van der Waals surface area (Å²) in [5, 5.41) is 9.64. The zero-order valence-corrected chi connectivity index (χ0v) is 31.7. The first-order valence-electron chi connectivity index (χ1n) is 19.8. The Bertz CT molecular complexity index is 3260. The van der Waals surface area contributed by atoms with Crippen molar-refractivity contribution in [3.8, 4) is 67.3 Å². The molecule has 10 aromatic carbocycles. The highest BCUT2D eigenvalue weighted by Gasteiger charge is 2.20. The molecule has 2 heteroatoms. The molecule has 0 spiro atoms. The average Bonchev–Trinajstić information content (AvgIpc) is 3.30. The molecule has 0 N–H and O–H groups in total. The third kappa shape index (κ3) is 6.00. The summed E-state index contributed by atoms with van der Waals surface area (Å²) in [5.41, 5.74) is 12.0. The molecule has 0 aliphatic heterocycles. The van der Waals surface area contributed by atoms with Gasteiger partial charge in [-0.2, -0.15) is 0 Å². The van der Waals surface area contributed by atoms with Gasteiger partial charge in [0.05, 0.1) is 11.4 Å². The molecular formula is C56H36N2. The standard InChI is InChI=1S/C56H36N2/c1-4-14-37(15-5-1)44-28-30-48-50(34-44)54(45-26-24-38-16-10-12-22-42(38)32-45)49-31-29-47(35-51(49)55(48)46-27-25-39-17-11-13-23-43(39)33-46)56-57-52(40-18-6-2-7-19-40)36-53(58-56)41-20-8-3-9-21-41/h1-36H. The first kappa shape index (κ1) is 33.6. The van der Waals surface area contributed by atoms with Crippen LogP contribution in [0.1, 0.15) is 0 Å². The van der Waals surface area contributed by atoms with Crippen LogP contribution in [0.3, 0.4) is 0 Å². The molecule has 0 amide bonds. The van der Waals surface area contributed by atoms with Crippen LogP contribution in [0.2, 0.25) is 0 Å². The molecular weight excluding hydrogens is 701 g/mol. The molecule has 11 aromatic rings. The summed E-state index contributed by atoms with van der Waals surface area (Å²) < 4.78 is 0. The number of nitrogens with zero attached hydrogens (tertiary/aromatic N) is 2. The lowest BCUT2D eigenvalue weighted by molar-refractivity contribution is 1.18. The number of aromatic nitrogens is 2. The Balaban J connectivity index is 1.24. The van der Waals surface area contributed by atoms with Crippen LogP contribution in [0, 0.1) is 0 Å². The van der Waals surface area contributed by atoms with Crippen LogP contribution in [-0.4, -0.2) is 9.97 Å². The molecule has 0 unspecified atom stereocenters. The molecule has 0 aliphatic rings. The van der Waals surface area contributed by atoms with Crippen LogP contribution >= 0.6 is 0 Å². The van der Waals surface area contributed by atoms with E-state index in [0.29, 0.717) is 5.82 Å². The fourth-order valence-electron chi connectivity index (χ4n) is 8.58. The van der Waals surface area contributed by atoms with Crippen molar-refractivity contribution < 1.29 is 0 Å². The van der Waals surface area contributed by atoms with Gasteiger partial charge in [-0.05, 0) is 107 Å². The van der Waals surface area contributed by atoms with Crippen molar-refractivity contribution in [2.24, 2.45) is 0 Å². The highest BCUT2D eigenvalue weighted by Crippen LogP contribution is 2.47. The minimum absolute atomic E-state index is 0.693. The first-order chi connectivity index (χ1) is 28.7. The zero-order chi connectivity index (χ0) is 38.4. The van der Waals surface area contributed by atoms with Crippen molar-refractivity contribution in [2.45, 2.75) is 0 Å². The largest absolute Gasteiger partial charge is 0.228 e. The monoisotopic (exact) mass is 736 g/mol. The molecule has 1 aromatic heterocycles. The SMILES string of the molecule is c1ccc(-c2ccc3c(-c4ccc5ccccc5c4)c4cc(-c5nc(-c6ccccc6)cc(-c6ccccc6)n5)ccc4c(-c4ccc5ccccc5c4)c3c2)cc1. The van der Waals surface area contributed by atoms with Crippen LogP contribution < -0.4 is 0 Å². The summed E-state index contributed by atoms with van der Waals surface area (Å²) in [4.78, 5) is 10.5. The van der Waals surface area contributed by atoms with E-state index in [1.165, 1.54) is 71.1 Å². The lowest BCUT2D eigenvalue weighted by atomic mass is 9.83. The van der Waals surface area contributed by atoms with Crippen LogP contribution in [0.5, 0.6) is 0 Å². The Morgan fingerprint density at radius 2 is 0.621 bits per heavy atom. The number of benzene rings is 10. The maximum atomic E-state index is 5.26. The minimum Gasteiger partial charge on any atom is -0.228 e. The maximum absolute atomic E-state index is 5.26. The summed E-state index contributed by atoms with van der Waals surface area (Å²) in [6.45, 7) is 0. The van der Waals surface area contributed by atoms with Gasteiger partial charge in [0.25, 0.3) is 0 Å². The molecule has 0 bridgehead atoms. The predicted octanol–water partition coefficient (Wildman–Crippen LogP) is 15.1. The summed E-state index contributed by atoms with van der Waals surface area (Å²) in [7, 11) is 0. The van der Waals surface area contributed by atoms with E-state index in [9.17, 15) is 0 Å². The quantitative estimate of drug-likeness (QED) is 0.159. The Morgan fingerprint density at radius 1 is 0.224 bits per heavy atom. The zero-order valence-electron chi connectivity index (χ0n) is 31.7. The Morgan fingerprint density at radius 3 is 1.12 bits per heavy atom. The van der Waals surface area contributed by atoms with Gasteiger partial charge in [-0.15, -0.1) is 0 Å². The third-order valence-corrected chi connectivity index (χ3v) is 11.4. The molecule has 2 nitrogen and oxygen atoms in total. The van der Waals surface area contributed by atoms with Crippen molar-refractivity contribution in [3.05, 3.63) is 218 Å². The van der Waals surface area contributed by atoms with Crippen molar-refractivity contribution >= 4 is 43.1 Å². The molecule has 0 aliphatic carbocycles. The molecule has 0 atom stereocenters. The van der Waals surface area contributed by atoms with Crippen LogP contribution in [0.15, 0.2) is 218 Å². The minimum atomic E-state index is 0.693. The summed E-state index contributed by atoms with van der Waals surface area (Å²) in [6, 6.07) is 78.5. The topological polar surface area (TPSA) is 25.8 Å². The number of hydrogen-bond acceptors (Lipinski definition) is 2. The summed E-state index contributed by atoms with van der Waals surface area (Å²) in [5.74, 6) is 0.693. The second-order valence-electron chi connectivity index (χ2n) is 15.0. The van der Waals surface area contributed by atoms with Gasteiger partial charge in [0.2, 0.25) is 0 Å². The molecule has 0 radical (unpaired) electrons. The fraction of sp³-hybridized carbons (Fsp3) is 0. The second kappa shape index (κ2) is 14.1. The van der Waals surface area contributed by atoms with Gasteiger partial charge < -0.3 is 0 Å². The molecule has 1 heterocycles. The lowest BCUT2D eigenvalue weighted by Gasteiger charge is -2.20. The van der Waals surface area contributed by atoms with Crippen molar-refractivity contribution in [1.29, 1.82) is 0 Å². The van der Waals surface area contributed by atoms with E-state index < -0.39 is 0 Å². The van der Waals surface area contributed by atoms with Crippen LogP contribution in [0.25, 0.3) is 110 Å². The maximum Gasteiger partial charge on any atom is 0.160 e. The molecule has 58 heavy (non-hydrogen) atoms. The Labute approximate surface area is 337 Å². The van der Waals surface area contributed by atoms with E-state index in [1.54, 1.807) is 0 Å². The number of fused-ring (bicyclic) bond motifs is 4. The van der Waals surface area contributed by atoms with E-state index in [1.807, 2.05) is 12.1 Å². The summed E-state index contributed by atoms with van der Waals surface area (Å²) in [6.07, 6.45) is 0. The van der Waals surface area contributed by atoms with Crippen molar-refractivity contribution in [2.75, 3.05) is 0 Å². The third-order valence-electron chi connectivity index (χ3n) is 11.4. The molecule has 0 fully saturated rings. The molecule has 270 valence electrons. The van der Waals surface area contributed by atoms with Crippen molar-refractivity contribution in [1.82, 2.24) is 9.97 Å². The smallest absolute Gasteiger partial charge is 0.160 e. The second-order valence-corrected chi connectivity index (χ2v) is 15.0. The highest BCUT2D eigenvalue weighted by molar-refractivity contribution is 6.23. The van der Waals surface area contributed by atoms with Gasteiger partial charge in [0.15, 0.2) is 5.82 Å². The molecule has 0 saturated heterocycles. The van der Waals surface area contributed by atoms with Gasteiger partial charge in [0.1, 0.15) is 0 Å². The first-order valence-corrected chi connectivity index (χ1v) is 19.8. The fourth-order valence-corrected chi connectivity index (χ4v) is 8.58. The number of rotatable bonds is 6. The highest BCUT2D eigenvalue weighted by atomic mass is 14.9. The van der Waals surface area contributed by atoms with E-state index >= 15 is 0 Å². The average molecular weight is 737 g/mol. The van der Waals surface area contributed by atoms with E-state index in [-0.39, 0.29) is 0 Å². The van der Waals surface area contributed by atoms with Crippen LogP contribution in [0.4, 0.5) is 0 Å². The lowest BCUT2D eigenvalue weighted by Crippen LogP contribution is -1.97. The van der Waals surface area contributed by atoms with E-state index in [0.717, 1.165) is 33.5 Å². The van der Waals surface area contributed by atoms with Crippen LogP contribution in [-0.2, 0) is 0 Å². The molecule has 0 saturated carbocycles. The molecule has 11 rings (SSSR count). The van der Waals surface area contributed by atoms with Gasteiger partial charge in [0, 0.05) is 16.7 Å². The predicted molar refractivity (Wildman–Crippen MR) is 245 cm³/mol. The van der Waals surface area contributed by atoms with Gasteiger partial charge in [-0.3, -0.25) is 0 Å². The summed E-state index contributed by atoms with van der Waals surface area (Å²) >= 11 is 0. The normalized spacial score (nSPS) is 11.4. The van der Waals surface area contributed by atoms with Gasteiger partial charge in [-0.25, -0.2) is 9.97 Å². The van der Waals surface area contributed by atoms with Gasteiger partial charge >= 0.3 is 0 Å². The Kier molecular flexibility index (Phi) is 8.19. The van der Waals surface area contributed by atoms with Crippen molar-refractivity contribution in [3.63, 3.8) is 0 Å². The Hall–Kier alpha value is -7.68.